The van der Waals surface area contributed by atoms with Gasteiger partial charge in [-0.25, -0.2) is 0 Å². The van der Waals surface area contributed by atoms with Gasteiger partial charge >= 0.3 is 0 Å². The molecule has 2 aliphatic rings. The van der Waals surface area contributed by atoms with Crippen molar-refractivity contribution in [3.8, 4) is 11.5 Å². The normalized spacial score (nSPS) is 19.8. The maximum absolute atomic E-state index is 6.32. The molecule has 0 spiro atoms. The zero-order valence-corrected chi connectivity index (χ0v) is 17.4. The quantitative estimate of drug-likeness (QED) is 0.393. The average molecular weight is 482 g/mol. The highest BCUT2D eigenvalue weighted by molar-refractivity contribution is 14.0. The lowest BCUT2D eigenvalue weighted by Crippen LogP contribution is -2.40. The van der Waals surface area contributed by atoms with Crippen LogP contribution in [0, 0.1) is 0 Å². The number of benzene rings is 1. The first-order chi connectivity index (χ1) is 11.8. The van der Waals surface area contributed by atoms with E-state index in [0.29, 0.717) is 36.3 Å². The number of halogens is 2. The molecule has 0 radical (unpaired) electrons. The Balaban J connectivity index is 0.00000225. The predicted molar refractivity (Wildman–Crippen MR) is 110 cm³/mol. The lowest BCUT2D eigenvalue weighted by Gasteiger charge is -2.16. The molecular weight excluding hydrogens is 457 g/mol. The van der Waals surface area contributed by atoms with Gasteiger partial charge in [0.15, 0.2) is 17.5 Å². The Morgan fingerprint density at radius 3 is 2.80 bits per heavy atom. The molecule has 25 heavy (non-hydrogen) atoms. The minimum atomic E-state index is 0. The van der Waals surface area contributed by atoms with Crippen LogP contribution in [0.5, 0.6) is 11.5 Å². The predicted octanol–water partition coefficient (Wildman–Crippen LogP) is 2.96. The monoisotopic (exact) mass is 481 g/mol. The van der Waals surface area contributed by atoms with Crippen molar-refractivity contribution in [1.29, 1.82) is 0 Å². The highest BCUT2D eigenvalue weighted by Gasteiger charge is 2.17. The van der Waals surface area contributed by atoms with Crippen molar-refractivity contribution < 1.29 is 14.2 Å². The van der Waals surface area contributed by atoms with E-state index in [9.17, 15) is 0 Å². The van der Waals surface area contributed by atoms with E-state index in [0.717, 1.165) is 43.9 Å². The number of nitrogens with one attached hydrogen (secondary N) is 2. The first-order valence-electron chi connectivity index (χ1n) is 8.40. The number of nitrogens with zero attached hydrogens (tertiary/aromatic N) is 1. The van der Waals surface area contributed by atoms with E-state index in [2.05, 4.69) is 15.6 Å². The third-order valence-corrected chi connectivity index (χ3v) is 4.35. The number of ether oxygens (including phenoxy) is 3. The summed E-state index contributed by atoms with van der Waals surface area (Å²) in [7, 11) is 1.76. The summed E-state index contributed by atoms with van der Waals surface area (Å²) in [6, 6.07) is 3.86. The van der Waals surface area contributed by atoms with Gasteiger partial charge in [0.1, 0.15) is 0 Å². The number of hydrogen-bond donors (Lipinski definition) is 2. The smallest absolute Gasteiger partial charge is 0.191 e. The van der Waals surface area contributed by atoms with Crippen LogP contribution in [0.25, 0.3) is 0 Å². The first kappa shape index (κ1) is 20.4. The topological polar surface area (TPSA) is 64.1 Å². The maximum atomic E-state index is 6.32. The standard InChI is InChI=1S/C17H24ClN3O3.HI/c1-19-17(21-11-13-4-2-5-22-13)20-10-12-8-14(18)16-15(9-12)23-6-3-7-24-16;/h8-9,13H,2-7,10-11H2,1H3,(H2,19,20,21);1H. The summed E-state index contributed by atoms with van der Waals surface area (Å²) in [4.78, 5) is 4.24. The molecule has 1 aromatic carbocycles. The first-order valence-corrected chi connectivity index (χ1v) is 8.78. The van der Waals surface area contributed by atoms with Gasteiger partial charge in [-0.2, -0.15) is 0 Å². The number of guanidine groups is 1. The molecule has 2 aliphatic heterocycles. The Bertz CT molecular complexity index is 595. The van der Waals surface area contributed by atoms with Crippen LogP contribution >= 0.6 is 35.6 Å². The van der Waals surface area contributed by atoms with Crippen LogP contribution in [-0.2, 0) is 11.3 Å². The van der Waals surface area contributed by atoms with Crippen molar-refractivity contribution in [3.05, 3.63) is 22.7 Å². The molecule has 2 heterocycles. The van der Waals surface area contributed by atoms with Gasteiger partial charge in [-0.1, -0.05) is 11.6 Å². The fraction of sp³-hybridized carbons (Fsp3) is 0.588. The van der Waals surface area contributed by atoms with Crippen LogP contribution in [0.15, 0.2) is 17.1 Å². The largest absolute Gasteiger partial charge is 0.489 e. The number of fused-ring (bicyclic) bond motifs is 1. The Hall–Kier alpha value is -0.930. The van der Waals surface area contributed by atoms with E-state index in [4.69, 9.17) is 25.8 Å². The number of rotatable bonds is 4. The molecule has 0 bridgehead atoms. The minimum absolute atomic E-state index is 0. The Morgan fingerprint density at radius 1 is 1.20 bits per heavy atom. The third-order valence-electron chi connectivity index (χ3n) is 4.07. The van der Waals surface area contributed by atoms with E-state index in [1.54, 1.807) is 7.05 Å². The molecule has 0 aliphatic carbocycles. The summed E-state index contributed by atoms with van der Waals surface area (Å²) in [5.74, 6) is 2.09. The molecule has 1 aromatic rings. The van der Waals surface area contributed by atoms with Crippen molar-refractivity contribution in [2.45, 2.75) is 31.9 Å². The van der Waals surface area contributed by atoms with Gasteiger partial charge in [-0.3, -0.25) is 4.99 Å². The van der Waals surface area contributed by atoms with Crippen LogP contribution < -0.4 is 20.1 Å². The van der Waals surface area contributed by atoms with Gasteiger partial charge in [-0.15, -0.1) is 24.0 Å². The summed E-state index contributed by atoms with van der Waals surface area (Å²) in [6.07, 6.45) is 3.37. The van der Waals surface area contributed by atoms with Crippen LogP contribution in [0.2, 0.25) is 5.02 Å². The second-order valence-corrected chi connectivity index (χ2v) is 6.30. The molecule has 3 rings (SSSR count). The average Bonchev–Trinajstić information content (AvgIpc) is 2.99. The van der Waals surface area contributed by atoms with Crippen LogP contribution in [0.1, 0.15) is 24.8 Å². The molecule has 2 N–H and O–H groups in total. The molecule has 1 unspecified atom stereocenters. The highest BCUT2D eigenvalue weighted by Crippen LogP contribution is 2.37. The molecular formula is C17H25ClIN3O3. The fourth-order valence-corrected chi connectivity index (χ4v) is 3.10. The van der Waals surface area contributed by atoms with Crippen molar-refractivity contribution in [2.75, 3.05) is 33.4 Å². The van der Waals surface area contributed by atoms with Crippen molar-refractivity contribution in [1.82, 2.24) is 10.6 Å². The molecule has 0 aromatic heterocycles. The van der Waals surface area contributed by atoms with E-state index >= 15 is 0 Å². The number of hydrogen-bond acceptors (Lipinski definition) is 4. The van der Waals surface area contributed by atoms with Crippen LogP contribution in [0.4, 0.5) is 0 Å². The molecule has 8 heteroatoms. The zero-order chi connectivity index (χ0) is 16.8. The maximum Gasteiger partial charge on any atom is 0.191 e. The molecule has 1 fully saturated rings. The molecule has 0 saturated carbocycles. The van der Waals surface area contributed by atoms with E-state index in [1.807, 2.05) is 12.1 Å². The minimum Gasteiger partial charge on any atom is -0.489 e. The molecule has 0 amide bonds. The van der Waals surface area contributed by atoms with E-state index < -0.39 is 0 Å². The summed E-state index contributed by atoms with van der Waals surface area (Å²) >= 11 is 6.32. The third kappa shape index (κ3) is 5.79. The second-order valence-electron chi connectivity index (χ2n) is 5.90. The van der Waals surface area contributed by atoms with Gasteiger partial charge in [0.05, 0.1) is 24.3 Å². The lowest BCUT2D eigenvalue weighted by molar-refractivity contribution is 0.114. The number of aliphatic imine (C=N–C) groups is 1. The van der Waals surface area contributed by atoms with E-state index in [-0.39, 0.29) is 30.1 Å². The Kier molecular flexibility index (Phi) is 8.38. The van der Waals surface area contributed by atoms with Gasteiger partial charge in [0.25, 0.3) is 0 Å². The van der Waals surface area contributed by atoms with Gasteiger partial charge in [0, 0.05) is 33.2 Å². The highest BCUT2D eigenvalue weighted by atomic mass is 127. The summed E-state index contributed by atoms with van der Waals surface area (Å²) in [5, 5.41) is 7.16. The van der Waals surface area contributed by atoms with Crippen LogP contribution in [0.3, 0.4) is 0 Å². The Labute approximate surface area is 170 Å². The van der Waals surface area contributed by atoms with Gasteiger partial charge < -0.3 is 24.8 Å². The summed E-state index contributed by atoms with van der Waals surface area (Å²) in [5.41, 5.74) is 1.02. The Morgan fingerprint density at radius 2 is 2.04 bits per heavy atom. The molecule has 140 valence electrons. The zero-order valence-electron chi connectivity index (χ0n) is 14.3. The molecule has 6 nitrogen and oxygen atoms in total. The SMILES string of the molecule is CN=C(NCc1cc(Cl)c2c(c1)OCCCO2)NCC1CCCO1.I. The van der Waals surface area contributed by atoms with Gasteiger partial charge in [0.2, 0.25) is 0 Å². The fourth-order valence-electron chi connectivity index (χ4n) is 2.81. The van der Waals surface area contributed by atoms with Crippen molar-refractivity contribution >= 4 is 41.5 Å². The van der Waals surface area contributed by atoms with Crippen LogP contribution in [-0.4, -0.2) is 45.5 Å². The van der Waals surface area contributed by atoms with Gasteiger partial charge in [-0.05, 0) is 30.5 Å². The van der Waals surface area contributed by atoms with Crippen molar-refractivity contribution in [2.24, 2.45) is 4.99 Å². The molecule has 1 saturated heterocycles. The summed E-state index contributed by atoms with van der Waals surface area (Å²) in [6.45, 7) is 3.49. The molecule has 1 atom stereocenters. The van der Waals surface area contributed by atoms with E-state index in [1.165, 1.54) is 0 Å². The lowest BCUT2D eigenvalue weighted by atomic mass is 10.2. The second kappa shape index (κ2) is 10.3. The van der Waals surface area contributed by atoms with Crippen molar-refractivity contribution in [3.63, 3.8) is 0 Å². The summed E-state index contributed by atoms with van der Waals surface area (Å²) < 4.78 is 17.0.